The monoisotopic (exact) mass is 294 g/mol. The molecule has 1 aliphatic carbocycles. The van der Waals surface area contributed by atoms with Gasteiger partial charge in [0.2, 0.25) is 0 Å². The largest absolute Gasteiger partial charge is 0.328 e. The Bertz CT molecular complexity index is 316. The Morgan fingerprint density at radius 3 is 2.14 bits per heavy atom. The van der Waals surface area contributed by atoms with Crippen molar-refractivity contribution in [3.8, 4) is 0 Å². The molecule has 0 spiro atoms. The zero-order chi connectivity index (χ0) is 15.7. The standard InChI is InChI=1S/C19H38N2/c1-6-7-9-15-10-8-11-16(15)14-21-18(2,3)12-17(20)13-19(21,4)5/h15-17H,6-14,20H2,1-5H3. The van der Waals surface area contributed by atoms with E-state index < -0.39 is 0 Å². The lowest BCUT2D eigenvalue weighted by molar-refractivity contribution is -0.0489. The molecule has 1 heterocycles. The highest BCUT2D eigenvalue weighted by molar-refractivity contribution is 5.02. The van der Waals surface area contributed by atoms with Crippen LogP contribution in [-0.4, -0.2) is 28.6 Å². The second kappa shape index (κ2) is 6.58. The third-order valence-corrected chi connectivity index (χ3v) is 6.15. The molecule has 0 radical (unpaired) electrons. The molecule has 2 unspecified atom stereocenters. The van der Waals surface area contributed by atoms with E-state index in [-0.39, 0.29) is 11.1 Å². The lowest BCUT2D eigenvalue weighted by atomic mass is 9.76. The Labute approximate surface area is 132 Å². The number of likely N-dealkylation sites (tertiary alicyclic amines) is 1. The number of hydrogen-bond acceptors (Lipinski definition) is 2. The minimum Gasteiger partial charge on any atom is -0.328 e. The molecule has 2 nitrogen and oxygen atoms in total. The van der Waals surface area contributed by atoms with Gasteiger partial charge in [-0.3, -0.25) is 4.90 Å². The van der Waals surface area contributed by atoms with E-state index in [0.717, 1.165) is 24.7 Å². The molecule has 0 aromatic carbocycles. The van der Waals surface area contributed by atoms with E-state index >= 15 is 0 Å². The Kier molecular flexibility index (Phi) is 5.41. The smallest absolute Gasteiger partial charge is 0.0173 e. The van der Waals surface area contributed by atoms with Crippen molar-refractivity contribution in [3.05, 3.63) is 0 Å². The summed E-state index contributed by atoms with van der Waals surface area (Å²) in [5.41, 5.74) is 6.82. The van der Waals surface area contributed by atoms with Crippen LogP contribution in [-0.2, 0) is 0 Å². The lowest BCUT2D eigenvalue weighted by Gasteiger charge is -2.56. The van der Waals surface area contributed by atoms with Crippen LogP contribution in [0.2, 0.25) is 0 Å². The first-order chi connectivity index (χ1) is 9.76. The SMILES string of the molecule is CCCCC1CCCC1CN1C(C)(C)CC(N)CC1(C)C. The highest BCUT2D eigenvalue weighted by Crippen LogP contribution is 2.42. The summed E-state index contributed by atoms with van der Waals surface area (Å²) in [6, 6.07) is 0.366. The molecule has 124 valence electrons. The molecule has 1 saturated heterocycles. The van der Waals surface area contributed by atoms with Crippen LogP contribution in [0.25, 0.3) is 0 Å². The highest BCUT2D eigenvalue weighted by atomic mass is 15.3. The van der Waals surface area contributed by atoms with Gasteiger partial charge in [-0.2, -0.15) is 0 Å². The second-order valence-electron chi connectivity index (χ2n) is 9.00. The van der Waals surface area contributed by atoms with Crippen LogP contribution >= 0.6 is 0 Å². The molecule has 2 atom stereocenters. The van der Waals surface area contributed by atoms with E-state index in [9.17, 15) is 0 Å². The van der Waals surface area contributed by atoms with Crippen molar-refractivity contribution in [1.82, 2.24) is 4.90 Å². The minimum atomic E-state index is 0.249. The van der Waals surface area contributed by atoms with Crippen molar-refractivity contribution in [2.75, 3.05) is 6.54 Å². The summed E-state index contributed by atoms with van der Waals surface area (Å²) < 4.78 is 0. The fraction of sp³-hybridized carbons (Fsp3) is 1.00. The summed E-state index contributed by atoms with van der Waals surface area (Å²) in [5.74, 6) is 1.90. The van der Waals surface area contributed by atoms with Crippen molar-refractivity contribution in [2.24, 2.45) is 17.6 Å². The first-order valence-electron chi connectivity index (χ1n) is 9.29. The molecule has 2 aliphatic rings. The average Bonchev–Trinajstić information content (AvgIpc) is 2.77. The summed E-state index contributed by atoms with van der Waals surface area (Å²) in [6.45, 7) is 13.2. The van der Waals surface area contributed by atoms with Gasteiger partial charge in [0.15, 0.2) is 0 Å². The van der Waals surface area contributed by atoms with Crippen molar-refractivity contribution in [3.63, 3.8) is 0 Å². The molecule has 0 aromatic heterocycles. The maximum absolute atomic E-state index is 6.32. The Morgan fingerprint density at radius 1 is 1.00 bits per heavy atom. The number of hydrogen-bond donors (Lipinski definition) is 1. The Balaban J connectivity index is 2.05. The molecule has 2 N–H and O–H groups in total. The van der Waals surface area contributed by atoms with Crippen molar-refractivity contribution in [1.29, 1.82) is 0 Å². The van der Waals surface area contributed by atoms with Gasteiger partial charge in [0.1, 0.15) is 0 Å². The van der Waals surface area contributed by atoms with Gasteiger partial charge in [-0.25, -0.2) is 0 Å². The summed E-state index contributed by atoms with van der Waals surface area (Å²) in [5, 5.41) is 0. The van der Waals surface area contributed by atoms with E-state index in [1.54, 1.807) is 0 Å². The zero-order valence-corrected chi connectivity index (χ0v) is 15.1. The molecular formula is C19H38N2. The predicted octanol–water partition coefficient (Wildman–Crippen LogP) is 4.57. The van der Waals surface area contributed by atoms with Crippen LogP contribution in [0, 0.1) is 11.8 Å². The van der Waals surface area contributed by atoms with E-state index in [4.69, 9.17) is 5.73 Å². The predicted molar refractivity (Wildman–Crippen MR) is 92.4 cm³/mol. The normalized spacial score (nSPS) is 33.4. The van der Waals surface area contributed by atoms with E-state index in [1.165, 1.54) is 45.1 Å². The van der Waals surface area contributed by atoms with Crippen molar-refractivity contribution >= 4 is 0 Å². The van der Waals surface area contributed by atoms with Crippen molar-refractivity contribution < 1.29 is 0 Å². The Morgan fingerprint density at radius 2 is 1.57 bits per heavy atom. The fourth-order valence-electron chi connectivity index (χ4n) is 5.32. The third-order valence-electron chi connectivity index (χ3n) is 6.15. The van der Waals surface area contributed by atoms with Crippen molar-refractivity contribution in [2.45, 2.75) is 103 Å². The van der Waals surface area contributed by atoms with Gasteiger partial charge < -0.3 is 5.73 Å². The quantitative estimate of drug-likeness (QED) is 0.804. The number of nitrogens with zero attached hydrogens (tertiary/aromatic N) is 1. The average molecular weight is 295 g/mol. The maximum Gasteiger partial charge on any atom is 0.0173 e. The minimum absolute atomic E-state index is 0.249. The van der Waals surface area contributed by atoms with Gasteiger partial charge >= 0.3 is 0 Å². The van der Waals surface area contributed by atoms with Gasteiger partial charge in [0.05, 0.1) is 0 Å². The first-order valence-corrected chi connectivity index (χ1v) is 9.29. The summed E-state index contributed by atoms with van der Waals surface area (Å²) in [4.78, 5) is 2.80. The molecular weight excluding hydrogens is 256 g/mol. The first kappa shape index (κ1) is 17.3. The van der Waals surface area contributed by atoms with Gasteiger partial charge in [-0.1, -0.05) is 39.0 Å². The van der Waals surface area contributed by atoms with E-state index in [2.05, 4.69) is 39.5 Å². The summed E-state index contributed by atoms with van der Waals surface area (Å²) in [6.07, 6.45) is 10.9. The molecule has 0 amide bonds. The molecule has 1 aliphatic heterocycles. The van der Waals surface area contributed by atoms with Gasteiger partial charge in [-0.15, -0.1) is 0 Å². The summed E-state index contributed by atoms with van der Waals surface area (Å²) in [7, 11) is 0. The number of piperidine rings is 1. The molecule has 2 rings (SSSR count). The molecule has 1 saturated carbocycles. The highest BCUT2D eigenvalue weighted by Gasteiger charge is 2.45. The van der Waals surface area contributed by atoms with Crippen LogP contribution < -0.4 is 5.73 Å². The molecule has 0 bridgehead atoms. The lowest BCUT2D eigenvalue weighted by Crippen LogP contribution is -2.64. The Hall–Kier alpha value is -0.0800. The van der Waals surface area contributed by atoms with Crippen LogP contribution in [0.3, 0.4) is 0 Å². The number of nitrogens with two attached hydrogens (primary N) is 1. The van der Waals surface area contributed by atoms with E-state index in [0.29, 0.717) is 6.04 Å². The fourth-order valence-corrected chi connectivity index (χ4v) is 5.32. The molecule has 0 aromatic rings. The topological polar surface area (TPSA) is 29.3 Å². The van der Waals surface area contributed by atoms with Gasteiger partial charge in [0.25, 0.3) is 0 Å². The molecule has 2 heteroatoms. The summed E-state index contributed by atoms with van der Waals surface area (Å²) >= 11 is 0. The second-order valence-corrected chi connectivity index (χ2v) is 9.00. The van der Waals surface area contributed by atoms with Crippen LogP contribution in [0.5, 0.6) is 0 Å². The van der Waals surface area contributed by atoms with Crippen LogP contribution in [0.15, 0.2) is 0 Å². The van der Waals surface area contributed by atoms with Gasteiger partial charge in [0, 0.05) is 23.7 Å². The molecule has 2 fully saturated rings. The number of rotatable bonds is 5. The van der Waals surface area contributed by atoms with Crippen LogP contribution in [0.4, 0.5) is 0 Å². The van der Waals surface area contributed by atoms with Gasteiger partial charge in [-0.05, 0) is 58.8 Å². The van der Waals surface area contributed by atoms with Crippen LogP contribution in [0.1, 0.15) is 86.0 Å². The maximum atomic E-state index is 6.32. The zero-order valence-electron chi connectivity index (χ0n) is 15.1. The third kappa shape index (κ3) is 4.01. The van der Waals surface area contributed by atoms with E-state index in [1.807, 2.05) is 0 Å². The number of unbranched alkanes of at least 4 members (excludes halogenated alkanes) is 1. The molecule has 21 heavy (non-hydrogen) atoms.